The Morgan fingerprint density at radius 2 is 1.85 bits per heavy atom. The van der Waals surface area contributed by atoms with Gasteiger partial charge in [0.1, 0.15) is 5.41 Å². The minimum absolute atomic E-state index is 0.367. The van der Waals surface area contributed by atoms with Crippen LogP contribution < -0.4 is 0 Å². The maximum Gasteiger partial charge on any atom is 0.319 e. The molecule has 0 heterocycles. The second kappa shape index (κ2) is 5.63. The lowest BCUT2D eigenvalue weighted by Crippen LogP contribution is -2.52. The van der Waals surface area contributed by atoms with E-state index in [0.29, 0.717) is 13.0 Å². The molecule has 0 saturated carbocycles. The highest BCUT2D eigenvalue weighted by Crippen LogP contribution is 2.49. The lowest BCUT2D eigenvalue weighted by molar-refractivity contribution is -0.147. The van der Waals surface area contributed by atoms with E-state index in [9.17, 15) is 9.90 Å². The van der Waals surface area contributed by atoms with Gasteiger partial charge in [-0.3, -0.25) is 4.79 Å². The summed E-state index contributed by atoms with van der Waals surface area (Å²) in [6.45, 7) is 2.37. The third kappa shape index (κ3) is 1.98. The second-order valence-electron chi connectivity index (χ2n) is 5.14. The number of rotatable bonds is 5. The Kier molecular flexibility index (Phi) is 4.09. The third-order valence-electron chi connectivity index (χ3n) is 4.26. The number of carboxylic acid groups (broad SMARTS) is 1. The Balaban J connectivity index is 2.69. The number of carbonyl (C=O) groups is 1. The highest BCUT2D eigenvalue weighted by atomic mass is 16.5. The summed E-state index contributed by atoms with van der Waals surface area (Å²) in [5.41, 5.74) is -0.885. The first-order chi connectivity index (χ1) is 9.63. The van der Waals surface area contributed by atoms with Gasteiger partial charge in [-0.1, -0.05) is 61.6 Å². The molecule has 0 spiro atoms. The Morgan fingerprint density at radius 3 is 2.40 bits per heavy atom. The van der Waals surface area contributed by atoms with E-state index < -0.39 is 16.8 Å². The fraction of sp³-hybridized carbons (Fsp3) is 0.353. The van der Waals surface area contributed by atoms with Crippen molar-refractivity contribution in [2.24, 2.45) is 5.41 Å². The van der Waals surface area contributed by atoms with Gasteiger partial charge < -0.3 is 9.84 Å². The van der Waals surface area contributed by atoms with Crippen LogP contribution >= 0.6 is 0 Å². The number of carboxylic acids is 1. The smallest absolute Gasteiger partial charge is 0.319 e. The third-order valence-corrected chi connectivity index (χ3v) is 4.26. The van der Waals surface area contributed by atoms with Crippen LogP contribution in [0.15, 0.2) is 54.6 Å². The molecule has 1 aliphatic carbocycles. The van der Waals surface area contributed by atoms with Crippen molar-refractivity contribution in [3.05, 3.63) is 60.2 Å². The zero-order valence-electron chi connectivity index (χ0n) is 11.9. The fourth-order valence-electron chi connectivity index (χ4n) is 3.15. The summed E-state index contributed by atoms with van der Waals surface area (Å²) in [6, 6.07) is 9.39. The van der Waals surface area contributed by atoms with Crippen molar-refractivity contribution in [2.75, 3.05) is 13.7 Å². The van der Waals surface area contributed by atoms with E-state index in [1.807, 2.05) is 55.5 Å². The van der Waals surface area contributed by atoms with E-state index in [-0.39, 0.29) is 0 Å². The zero-order valence-corrected chi connectivity index (χ0v) is 11.9. The maximum atomic E-state index is 12.2. The maximum absolute atomic E-state index is 12.2. The van der Waals surface area contributed by atoms with Gasteiger partial charge in [-0.25, -0.2) is 0 Å². The number of ether oxygens (including phenoxy) is 1. The summed E-state index contributed by atoms with van der Waals surface area (Å²) >= 11 is 0. The molecule has 1 aromatic carbocycles. The Hall–Kier alpha value is -1.87. The predicted octanol–water partition coefficient (Wildman–Crippen LogP) is 3.18. The minimum Gasteiger partial charge on any atom is -0.480 e. The molecule has 0 radical (unpaired) electrons. The van der Waals surface area contributed by atoms with Crippen LogP contribution in [-0.2, 0) is 14.9 Å². The van der Waals surface area contributed by atoms with Gasteiger partial charge >= 0.3 is 5.97 Å². The predicted molar refractivity (Wildman–Crippen MR) is 78.6 cm³/mol. The van der Waals surface area contributed by atoms with Gasteiger partial charge in [-0.05, 0) is 12.0 Å². The van der Waals surface area contributed by atoms with Crippen molar-refractivity contribution in [3.8, 4) is 0 Å². The van der Waals surface area contributed by atoms with Crippen molar-refractivity contribution in [2.45, 2.75) is 18.8 Å². The lowest BCUT2D eigenvalue weighted by atomic mass is 9.57. The number of hydrogen-bond acceptors (Lipinski definition) is 2. The molecule has 0 aromatic heterocycles. The molecule has 0 aliphatic heterocycles. The molecule has 2 unspecified atom stereocenters. The standard InChI is InChI=1S/C17H20O3/c1-3-16(13-20-2)11-7-8-12-17(16,15(18)19)14-9-5-4-6-10-14/h4-12H,3,13H2,1-2H3,(H,18,19). The molecule has 0 fully saturated rings. The van der Waals surface area contributed by atoms with Crippen LogP contribution in [0.3, 0.4) is 0 Å². The van der Waals surface area contributed by atoms with E-state index in [4.69, 9.17) is 4.74 Å². The highest BCUT2D eigenvalue weighted by molar-refractivity contribution is 5.86. The van der Waals surface area contributed by atoms with Crippen molar-refractivity contribution in [1.29, 1.82) is 0 Å². The van der Waals surface area contributed by atoms with Gasteiger partial charge in [0.15, 0.2) is 0 Å². The van der Waals surface area contributed by atoms with E-state index >= 15 is 0 Å². The van der Waals surface area contributed by atoms with Crippen molar-refractivity contribution < 1.29 is 14.6 Å². The van der Waals surface area contributed by atoms with Crippen LogP contribution in [0.5, 0.6) is 0 Å². The van der Waals surface area contributed by atoms with Gasteiger partial charge in [0.25, 0.3) is 0 Å². The van der Waals surface area contributed by atoms with Crippen LogP contribution in [0.4, 0.5) is 0 Å². The minimum atomic E-state index is -1.09. The van der Waals surface area contributed by atoms with Crippen molar-refractivity contribution >= 4 is 5.97 Å². The molecule has 1 N–H and O–H groups in total. The molecule has 20 heavy (non-hydrogen) atoms. The number of aliphatic carboxylic acids is 1. The Bertz CT molecular complexity index is 532. The SMILES string of the molecule is CCC1(COC)C=CC=CC1(C(=O)O)c1ccccc1. The van der Waals surface area contributed by atoms with Crippen LogP contribution in [0, 0.1) is 5.41 Å². The molecule has 1 aromatic rings. The summed E-state index contributed by atoms with van der Waals surface area (Å²) in [5, 5.41) is 9.99. The average molecular weight is 272 g/mol. The number of methoxy groups -OCH3 is 1. The van der Waals surface area contributed by atoms with E-state index in [0.717, 1.165) is 5.56 Å². The largest absolute Gasteiger partial charge is 0.480 e. The van der Waals surface area contributed by atoms with E-state index in [1.165, 1.54) is 0 Å². The lowest BCUT2D eigenvalue weighted by Gasteiger charge is -2.45. The molecular weight excluding hydrogens is 252 g/mol. The van der Waals surface area contributed by atoms with Crippen LogP contribution in [0.2, 0.25) is 0 Å². The summed E-state index contributed by atoms with van der Waals surface area (Å²) in [5.74, 6) is -0.844. The van der Waals surface area contributed by atoms with E-state index in [1.54, 1.807) is 13.2 Å². The Labute approximate surface area is 119 Å². The first kappa shape index (κ1) is 14.5. The first-order valence-corrected chi connectivity index (χ1v) is 6.78. The Morgan fingerprint density at radius 1 is 1.20 bits per heavy atom. The quantitative estimate of drug-likeness (QED) is 0.895. The van der Waals surface area contributed by atoms with Crippen molar-refractivity contribution in [1.82, 2.24) is 0 Å². The summed E-state index contributed by atoms with van der Waals surface area (Å²) in [7, 11) is 1.61. The van der Waals surface area contributed by atoms with Gasteiger partial charge in [0, 0.05) is 12.5 Å². The monoisotopic (exact) mass is 272 g/mol. The molecular formula is C17H20O3. The zero-order chi connectivity index (χ0) is 14.6. The molecule has 2 rings (SSSR count). The summed E-state index contributed by atoms with van der Waals surface area (Å²) < 4.78 is 5.35. The fourth-order valence-corrected chi connectivity index (χ4v) is 3.15. The number of hydrogen-bond donors (Lipinski definition) is 1. The normalized spacial score (nSPS) is 28.5. The van der Waals surface area contributed by atoms with E-state index in [2.05, 4.69) is 0 Å². The molecule has 0 saturated heterocycles. The molecule has 106 valence electrons. The highest BCUT2D eigenvalue weighted by Gasteiger charge is 2.54. The van der Waals surface area contributed by atoms with Gasteiger partial charge in [-0.15, -0.1) is 0 Å². The number of allylic oxidation sites excluding steroid dienone is 2. The van der Waals surface area contributed by atoms with Gasteiger partial charge in [-0.2, -0.15) is 0 Å². The molecule has 0 bridgehead atoms. The topological polar surface area (TPSA) is 46.5 Å². The van der Waals surface area contributed by atoms with Crippen LogP contribution in [-0.4, -0.2) is 24.8 Å². The van der Waals surface area contributed by atoms with Crippen molar-refractivity contribution in [3.63, 3.8) is 0 Å². The molecule has 3 heteroatoms. The molecule has 1 aliphatic rings. The molecule has 3 nitrogen and oxygen atoms in total. The van der Waals surface area contributed by atoms with Gasteiger partial charge in [0.05, 0.1) is 6.61 Å². The number of benzene rings is 1. The van der Waals surface area contributed by atoms with Crippen LogP contribution in [0.1, 0.15) is 18.9 Å². The molecule has 0 amide bonds. The summed E-state index contributed by atoms with van der Waals surface area (Å²) in [6.07, 6.45) is 8.16. The average Bonchev–Trinajstić information content (AvgIpc) is 2.48. The van der Waals surface area contributed by atoms with Crippen LogP contribution in [0.25, 0.3) is 0 Å². The molecule has 2 atom stereocenters. The first-order valence-electron chi connectivity index (χ1n) is 6.78. The second-order valence-corrected chi connectivity index (χ2v) is 5.14. The van der Waals surface area contributed by atoms with Gasteiger partial charge in [0.2, 0.25) is 0 Å². The summed E-state index contributed by atoms with van der Waals surface area (Å²) in [4.78, 5) is 12.2.